The summed E-state index contributed by atoms with van der Waals surface area (Å²) in [5.74, 6) is -1.47. The average Bonchev–Trinajstić information content (AvgIpc) is 2.79. The summed E-state index contributed by atoms with van der Waals surface area (Å²) < 4.78 is 22.1. The van der Waals surface area contributed by atoms with Gasteiger partial charge in [-0.05, 0) is 45.1 Å². The fraction of sp³-hybridized carbons (Fsp3) is 0.577. The van der Waals surface area contributed by atoms with E-state index in [1.165, 1.54) is 26.3 Å². The summed E-state index contributed by atoms with van der Waals surface area (Å²) in [7, 11) is 0. The summed E-state index contributed by atoms with van der Waals surface area (Å²) in [5, 5.41) is 0. The van der Waals surface area contributed by atoms with Crippen molar-refractivity contribution in [2.75, 3.05) is 6.61 Å². The fourth-order valence-corrected chi connectivity index (χ4v) is 4.31. The summed E-state index contributed by atoms with van der Waals surface area (Å²) in [6.07, 6.45) is 8.07. The van der Waals surface area contributed by atoms with Crippen LogP contribution in [0, 0.1) is 11.8 Å². The molecule has 0 saturated carbocycles. The second-order valence-electron chi connectivity index (χ2n) is 8.81. The lowest BCUT2D eigenvalue weighted by Crippen LogP contribution is -2.41. The molecule has 2 rings (SSSR count). The van der Waals surface area contributed by atoms with Gasteiger partial charge in [0.2, 0.25) is 6.29 Å². The molecule has 0 aromatic heterocycles. The topological polar surface area (TPSA) is 88.1 Å². The van der Waals surface area contributed by atoms with Crippen molar-refractivity contribution >= 4 is 17.9 Å². The summed E-state index contributed by atoms with van der Waals surface area (Å²) in [6, 6.07) is 0. The van der Waals surface area contributed by atoms with E-state index in [0.29, 0.717) is 6.42 Å². The van der Waals surface area contributed by atoms with Gasteiger partial charge in [0.05, 0.1) is 12.2 Å². The first-order valence-electron chi connectivity index (χ1n) is 11.4. The van der Waals surface area contributed by atoms with Crippen LogP contribution in [0.1, 0.15) is 66.7 Å². The van der Waals surface area contributed by atoms with E-state index in [-0.39, 0.29) is 24.4 Å². The van der Waals surface area contributed by atoms with Crippen LogP contribution in [0.3, 0.4) is 0 Å². The largest absolute Gasteiger partial charge is 0.462 e. The lowest BCUT2D eigenvalue weighted by molar-refractivity contribution is -0.181. The first kappa shape index (κ1) is 26.4. The minimum atomic E-state index is -0.763. The van der Waals surface area contributed by atoms with Gasteiger partial charge in [-0.25, -0.2) is 0 Å². The number of hydrogen-bond donors (Lipinski definition) is 0. The SMILES string of the molecule is C=C1CCC=C(C)CCC2C(C(CC=C(C)COC(C)=O)OC(C)=O)=COC(OC(C)=O)C12. The quantitative estimate of drug-likeness (QED) is 0.302. The zero-order valence-electron chi connectivity index (χ0n) is 20.3. The molecule has 4 unspecified atom stereocenters. The number of hydrogen-bond acceptors (Lipinski definition) is 7. The van der Waals surface area contributed by atoms with Crippen molar-refractivity contribution in [3.8, 4) is 0 Å². The monoisotopic (exact) mass is 460 g/mol. The molecule has 0 N–H and O–H groups in total. The number of fused-ring (bicyclic) bond motifs is 1. The van der Waals surface area contributed by atoms with Gasteiger partial charge in [0, 0.05) is 38.7 Å². The summed E-state index contributed by atoms with van der Waals surface area (Å²) >= 11 is 0. The highest BCUT2D eigenvalue weighted by Crippen LogP contribution is 2.43. The zero-order chi connectivity index (χ0) is 24.5. The maximum Gasteiger partial charge on any atom is 0.305 e. The maximum atomic E-state index is 11.9. The molecule has 0 fully saturated rings. The summed E-state index contributed by atoms with van der Waals surface area (Å²) in [4.78, 5) is 34.8. The Bertz CT molecular complexity index is 849. The normalized spacial score (nSPS) is 24.5. The van der Waals surface area contributed by atoms with Crippen molar-refractivity contribution in [2.24, 2.45) is 11.8 Å². The van der Waals surface area contributed by atoms with E-state index in [1.54, 1.807) is 6.26 Å². The van der Waals surface area contributed by atoms with Crippen LogP contribution in [0.5, 0.6) is 0 Å². The number of rotatable bonds is 7. The molecule has 1 aliphatic heterocycles. The Kier molecular flexibility index (Phi) is 9.95. The summed E-state index contributed by atoms with van der Waals surface area (Å²) in [6.45, 7) is 12.5. The van der Waals surface area contributed by atoms with Gasteiger partial charge in [0.15, 0.2) is 0 Å². The minimum Gasteiger partial charge on any atom is -0.462 e. The third-order valence-corrected chi connectivity index (χ3v) is 5.92. The Morgan fingerprint density at radius 1 is 1.15 bits per heavy atom. The molecule has 0 saturated heterocycles. The molecule has 0 amide bonds. The van der Waals surface area contributed by atoms with Gasteiger partial charge in [-0.15, -0.1) is 0 Å². The Hall–Kier alpha value is -2.83. The molecule has 1 aliphatic carbocycles. The van der Waals surface area contributed by atoms with Crippen LogP contribution in [-0.4, -0.2) is 36.9 Å². The predicted molar refractivity (Wildman–Crippen MR) is 124 cm³/mol. The molecule has 0 spiro atoms. The van der Waals surface area contributed by atoms with Crippen LogP contribution in [0.25, 0.3) is 0 Å². The van der Waals surface area contributed by atoms with Crippen LogP contribution in [-0.2, 0) is 33.3 Å². The molecule has 33 heavy (non-hydrogen) atoms. The minimum absolute atomic E-state index is 0.0661. The number of carbonyl (C=O) groups excluding carboxylic acids is 3. The second-order valence-corrected chi connectivity index (χ2v) is 8.81. The first-order chi connectivity index (χ1) is 15.6. The molecule has 4 atom stereocenters. The molecule has 0 aromatic carbocycles. The van der Waals surface area contributed by atoms with Gasteiger partial charge in [-0.3, -0.25) is 14.4 Å². The Morgan fingerprint density at radius 2 is 1.88 bits per heavy atom. The highest BCUT2D eigenvalue weighted by atomic mass is 16.7. The van der Waals surface area contributed by atoms with Crippen LogP contribution in [0.4, 0.5) is 0 Å². The van der Waals surface area contributed by atoms with Crippen molar-refractivity contribution in [1.29, 1.82) is 0 Å². The molecule has 182 valence electrons. The maximum absolute atomic E-state index is 11.9. The molecule has 0 aromatic rings. The van der Waals surface area contributed by atoms with E-state index in [2.05, 4.69) is 19.6 Å². The van der Waals surface area contributed by atoms with E-state index in [0.717, 1.165) is 42.4 Å². The zero-order valence-corrected chi connectivity index (χ0v) is 20.3. The first-order valence-corrected chi connectivity index (χ1v) is 11.4. The van der Waals surface area contributed by atoms with Crippen LogP contribution < -0.4 is 0 Å². The number of carbonyl (C=O) groups is 3. The van der Waals surface area contributed by atoms with Gasteiger partial charge in [-0.1, -0.05) is 29.9 Å². The van der Waals surface area contributed by atoms with Gasteiger partial charge in [0.1, 0.15) is 12.7 Å². The Morgan fingerprint density at radius 3 is 2.52 bits per heavy atom. The molecule has 0 radical (unpaired) electrons. The second kappa shape index (κ2) is 12.4. The highest BCUT2D eigenvalue weighted by molar-refractivity contribution is 5.67. The molecule has 7 heteroatoms. The molecule has 2 aliphatic rings. The van der Waals surface area contributed by atoms with E-state index in [1.807, 2.05) is 13.0 Å². The third-order valence-electron chi connectivity index (χ3n) is 5.92. The standard InChI is InChI=1S/C26H36O7/c1-16-8-7-9-18(3)25-22(12-10-16)23(15-31-26(25)33-21(6)29)24(32-20(5)28)13-11-17(2)14-30-19(4)27/h8,11,15,22,24-26H,3,7,9-10,12-14H2,1-2,4-6H3. The number of esters is 3. The van der Waals surface area contributed by atoms with E-state index in [9.17, 15) is 14.4 Å². The number of ether oxygens (including phenoxy) is 4. The summed E-state index contributed by atoms with van der Waals surface area (Å²) in [5.41, 5.74) is 3.93. The smallest absolute Gasteiger partial charge is 0.305 e. The molecular formula is C26H36O7. The fourth-order valence-electron chi connectivity index (χ4n) is 4.31. The lowest BCUT2D eigenvalue weighted by Gasteiger charge is -2.40. The molecule has 0 bridgehead atoms. The van der Waals surface area contributed by atoms with Gasteiger partial charge < -0.3 is 18.9 Å². The van der Waals surface area contributed by atoms with Gasteiger partial charge in [0.25, 0.3) is 0 Å². The van der Waals surface area contributed by atoms with Gasteiger partial charge in [-0.2, -0.15) is 0 Å². The van der Waals surface area contributed by atoms with Crippen LogP contribution in [0.2, 0.25) is 0 Å². The van der Waals surface area contributed by atoms with Crippen molar-refractivity contribution in [3.05, 3.63) is 47.3 Å². The van der Waals surface area contributed by atoms with E-state index >= 15 is 0 Å². The molecular weight excluding hydrogens is 424 g/mol. The molecule has 1 heterocycles. The third kappa shape index (κ3) is 8.22. The van der Waals surface area contributed by atoms with Crippen LogP contribution >= 0.6 is 0 Å². The Labute approximate surface area is 196 Å². The predicted octanol–water partition coefficient (Wildman–Crippen LogP) is 4.93. The van der Waals surface area contributed by atoms with Gasteiger partial charge >= 0.3 is 17.9 Å². The van der Waals surface area contributed by atoms with E-state index in [4.69, 9.17) is 18.9 Å². The van der Waals surface area contributed by atoms with Crippen LogP contribution in [0.15, 0.2) is 47.3 Å². The number of allylic oxidation sites excluding steroid dienone is 2. The van der Waals surface area contributed by atoms with Crippen molar-refractivity contribution in [3.63, 3.8) is 0 Å². The molecule has 7 nitrogen and oxygen atoms in total. The van der Waals surface area contributed by atoms with Crippen molar-refractivity contribution < 1.29 is 33.3 Å². The average molecular weight is 461 g/mol. The highest BCUT2D eigenvalue weighted by Gasteiger charge is 2.42. The lowest BCUT2D eigenvalue weighted by atomic mass is 9.74. The van der Waals surface area contributed by atoms with Crippen molar-refractivity contribution in [2.45, 2.75) is 79.1 Å². The Balaban J connectivity index is 2.39. The van der Waals surface area contributed by atoms with Crippen molar-refractivity contribution in [1.82, 2.24) is 0 Å². The van der Waals surface area contributed by atoms with E-state index < -0.39 is 24.3 Å².